The van der Waals surface area contributed by atoms with Gasteiger partial charge in [-0.05, 0) is 47.4 Å². The lowest BCUT2D eigenvalue weighted by Crippen LogP contribution is -2.11. The molecule has 4 nitrogen and oxygen atoms in total. The third-order valence-corrected chi connectivity index (χ3v) is 4.82. The highest BCUT2D eigenvalue weighted by atomic mass is 79.9. The second-order valence-corrected chi connectivity index (χ2v) is 8.01. The van der Waals surface area contributed by atoms with Crippen LogP contribution in [0.1, 0.15) is 31.9 Å². The minimum Gasteiger partial charge on any atom is -0.151 e. The molecular weight excluding hydrogens is 412 g/mol. The highest BCUT2D eigenvalue weighted by Gasteiger charge is 2.19. The van der Waals surface area contributed by atoms with Crippen LogP contribution in [0.3, 0.4) is 0 Å². The highest BCUT2D eigenvalue weighted by Crippen LogP contribution is 2.38. The number of nitrogens with zero attached hydrogens (tertiary/aromatic N) is 4. The second-order valence-electron chi connectivity index (χ2n) is 7.45. The molecule has 0 atom stereocenters. The van der Waals surface area contributed by atoms with Gasteiger partial charge in [-0.15, -0.1) is 0 Å². The van der Waals surface area contributed by atoms with Crippen LogP contribution in [0.2, 0.25) is 0 Å². The molecule has 3 aromatic rings. The van der Waals surface area contributed by atoms with E-state index in [2.05, 4.69) is 69.3 Å². The van der Waals surface area contributed by atoms with E-state index in [9.17, 15) is 0 Å². The van der Waals surface area contributed by atoms with Crippen LogP contribution in [-0.4, -0.2) is 0 Å². The van der Waals surface area contributed by atoms with Crippen LogP contribution in [0.15, 0.2) is 93.3 Å². The summed E-state index contributed by atoms with van der Waals surface area (Å²) in [6.45, 7) is 6.52. The normalized spacial score (nSPS) is 12.1. The van der Waals surface area contributed by atoms with Gasteiger partial charge in [0.25, 0.3) is 0 Å². The zero-order valence-electron chi connectivity index (χ0n) is 16.3. The first-order valence-electron chi connectivity index (χ1n) is 9.14. The molecule has 0 heterocycles. The molecule has 3 aromatic carbocycles. The van der Waals surface area contributed by atoms with Crippen molar-refractivity contribution in [3.63, 3.8) is 0 Å². The number of azo groups is 2. The number of hydrogen-bond acceptors (Lipinski definition) is 4. The van der Waals surface area contributed by atoms with Crippen molar-refractivity contribution < 1.29 is 0 Å². The van der Waals surface area contributed by atoms with Gasteiger partial charge in [-0.3, -0.25) is 0 Å². The van der Waals surface area contributed by atoms with Gasteiger partial charge in [0.15, 0.2) is 0 Å². The average Bonchev–Trinajstić information content (AvgIpc) is 2.71. The molecule has 0 spiro atoms. The Balaban J connectivity index is 2.07. The van der Waals surface area contributed by atoms with Crippen molar-refractivity contribution in [2.45, 2.75) is 31.5 Å². The SMILES string of the molecule is CC(C)(C)c1cc(N=Nc2ccccc2)c(CBr)c(N=Nc2ccccc2)c1. The lowest BCUT2D eigenvalue weighted by atomic mass is 9.85. The molecule has 0 saturated carbocycles. The Bertz CT molecular complexity index is 904. The molecule has 0 N–H and O–H groups in total. The number of alkyl halides is 1. The summed E-state index contributed by atoms with van der Waals surface area (Å²) in [4.78, 5) is 0. The first kappa shape index (κ1) is 20.1. The van der Waals surface area contributed by atoms with E-state index >= 15 is 0 Å². The van der Waals surface area contributed by atoms with Gasteiger partial charge < -0.3 is 0 Å². The van der Waals surface area contributed by atoms with Crippen LogP contribution >= 0.6 is 15.9 Å². The molecule has 0 aromatic heterocycles. The zero-order chi connectivity index (χ0) is 20.0. The van der Waals surface area contributed by atoms with E-state index < -0.39 is 0 Å². The minimum absolute atomic E-state index is 0.0428. The molecule has 0 fully saturated rings. The minimum atomic E-state index is -0.0428. The van der Waals surface area contributed by atoms with Gasteiger partial charge in [0.05, 0.1) is 22.7 Å². The van der Waals surface area contributed by atoms with Gasteiger partial charge in [-0.1, -0.05) is 73.1 Å². The van der Waals surface area contributed by atoms with E-state index in [0.29, 0.717) is 5.33 Å². The molecule has 3 rings (SSSR count). The van der Waals surface area contributed by atoms with Crippen molar-refractivity contribution in [3.8, 4) is 0 Å². The lowest BCUT2D eigenvalue weighted by molar-refractivity contribution is 0.590. The first-order chi connectivity index (χ1) is 13.5. The molecule has 0 aliphatic carbocycles. The Kier molecular flexibility index (Phi) is 6.47. The quantitative estimate of drug-likeness (QED) is 0.284. The maximum atomic E-state index is 4.53. The lowest BCUT2D eigenvalue weighted by Gasteiger charge is -2.21. The predicted octanol–water partition coefficient (Wildman–Crippen LogP) is 8.71. The van der Waals surface area contributed by atoms with Crippen LogP contribution in [0.5, 0.6) is 0 Å². The van der Waals surface area contributed by atoms with Gasteiger partial charge in [-0.2, -0.15) is 20.5 Å². The summed E-state index contributed by atoms with van der Waals surface area (Å²) in [6.07, 6.45) is 0. The van der Waals surface area contributed by atoms with Crippen molar-refractivity contribution in [3.05, 3.63) is 83.9 Å². The summed E-state index contributed by atoms with van der Waals surface area (Å²) in [5.41, 5.74) is 5.30. The largest absolute Gasteiger partial charge is 0.151 e. The maximum absolute atomic E-state index is 4.53. The predicted molar refractivity (Wildman–Crippen MR) is 119 cm³/mol. The van der Waals surface area contributed by atoms with Crippen LogP contribution in [0.4, 0.5) is 22.7 Å². The summed E-state index contributed by atoms with van der Waals surface area (Å²) >= 11 is 3.58. The molecule has 0 bridgehead atoms. The van der Waals surface area contributed by atoms with E-state index in [1.54, 1.807) is 0 Å². The molecule has 0 aliphatic rings. The fraction of sp³-hybridized carbons (Fsp3) is 0.217. The van der Waals surface area contributed by atoms with Gasteiger partial charge in [-0.25, -0.2) is 0 Å². The van der Waals surface area contributed by atoms with E-state index in [-0.39, 0.29) is 5.41 Å². The molecule has 0 radical (unpaired) electrons. The summed E-state index contributed by atoms with van der Waals surface area (Å²) in [5, 5.41) is 18.5. The molecular formula is C23H23BrN4. The Morgan fingerprint density at radius 1 is 0.679 bits per heavy atom. The monoisotopic (exact) mass is 434 g/mol. The molecule has 0 amide bonds. The molecule has 0 aliphatic heterocycles. The Labute approximate surface area is 174 Å². The molecule has 28 heavy (non-hydrogen) atoms. The van der Waals surface area contributed by atoms with Crippen LogP contribution in [0, 0.1) is 0 Å². The van der Waals surface area contributed by atoms with Gasteiger partial charge in [0, 0.05) is 10.9 Å². The van der Waals surface area contributed by atoms with Gasteiger partial charge in [0.1, 0.15) is 0 Å². The number of halogens is 1. The third kappa shape index (κ3) is 5.20. The Hall–Kier alpha value is -2.66. The Morgan fingerprint density at radius 3 is 1.46 bits per heavy atom. The smallest absolute Gasteiger partial charge is 0.0922 e. The van der Waals surface area contributed by atoms with E-state index in [0.717, 1.165) is 33.9 Å². The summed E-state index contributed by atoms with van der Waals surface area (Å²) in [7, 11) is 0. The fourth-order valence-electron chi connectivity index (χ4n) is 2.60. The van der Waals surface area contributed by atoms with E-state index in [4.69, 9.17) is 0 Å². The summed E-state index contributed by atoms with van der Waals surface area (Å²) < 4.78 is 0. The van der Waals surface area contributed by atoms with E-state index in [1.165, 1.54) is 0 Å². The summed E-state index contributed by atoms with van der Waals surface area (Å²) in [6, 6.07) is 23.6. The standard InChI is InChI=1S/C23H23BrN4/c1-23(2,3)17-14-21(27-25-18-10-6-4-7-11-18)20(16-24)22(15-17)28-26-19-12-8-5-9-13-19/h4-15H,16H2,1-3H3. The number of rotatable bonds is 5. The zero-order valence-corrected chi connectivity index (χ0v) is 17.9. The summed E-state index contributed by atoms with van der Waals surface area (Å²) in [5.74, 6) is 0. The van der Waals surface area contributed by atoms with Crippen molar-refractivity contribution >= 4 is 38.7 Å². The van der Waals surface area contributed by atoms with Crippen molar-refractivity contribution in [1.82, 2.24) is 0 Å². The van der Waals surface area contributed by atoms with Gasteiger partial charge in [0.2, 0.25) is 0 Å². The van der Waals surface area contributed by atoms with E-state index in [1.807, 2.05) is 60.7 Å². The van der Waals surface area contributed by atoms with Gasteiger partial charge >= 0.3 is 0 Å². The molecule has 0 saturated heterocycles. The van der Waals surface area contributed by atoms with Crippen molar-refractivity contribution in [2.24, 2.45) is 20.5 Å². The number of benzene rings is 3. The molecule has 5 heteroatoms. The maximum Gasteiger partial charge on any atom is 0.0922 e. The number of hydrogen-bond donors (Lipinski definition) is 0. The molecule has 142 valence electrons. The molecule has 0 unspecified atom stereocenters. The highest BCUT2D eigenvalue weighted by molar-refractivity contribution is 9.08. The third-order valence-electron chi connectivity index (χ3n) is 4.26. The second kappa shape index (κ2) is 9.02. The van der Waals surface area contributed by atoms with Crippen LogP contribution in [0.25, 0.3) is 0 Å². The fourth-order valence-corrected chi connectivity index (χ4v) is 3.18. The average molecular weight is 435 g/mol. The first-order valence-corrected chi connectivity index (χ1v) is 10.3. The van der Waals surface area contributed by atoms with Crippen LogP contribution in [-0.2, 0) is 10.7 Å². The van der Waals surface area contributed by atoms with Crippen molar-refractivity contribution in [1.29, 1.82) is 0 Å². The van der Waals surface area contributed by atoms with Crippen LogP contribution < -0.4 is 0 Å². The Morgan fingerprint density at radius 2 is 1.11 bits per heavy atom. The van der Waals surface area contributed by atoms with Crippen molar-refractivity contribution in [2.75, 3.05) is 0 Å². The topological polar surface area (TPSA) is 49.4 Å².